The molecule has 0 rings (SSSR count). The molecule has 3 atom stereocenters. The molecule has 86 valence electrons. The van der Waals surface area contributed by atoms with Crippen molar-refractivity contribution in [3.63, 3.8) is 0 Å². The van der Waals surface area contributed by atoms with Crippen molar-refractivity contribution < 1.29 is 0 Å². The average molecular weight is 217 g/mol. The van der Waals surface area contributed by atoms with Crippen molar-refractivity contribution in [1.29, 1.82) is 0 Å². The number of rotatable bonds is 7. The Hall–Kier alpha value is 0.390. The van der Waals surface area contributed by atoms with Gasteiger partial charge in [-0.1, -0.05) is 56.2 Å². The van der Waals surface area contributed by atoms with E-state index in [4.69, 9.17) is 5.50 Å². The Bertz CT molecular complexity index is 134. The number of hydrogen-bond acceptors (Lipinski definition) is 1. The number of hydrogen-bond donors (Lipinski definition) is 1. The molecular weight excluding hydrogens is 189 g/mol. The van der Waals surface area contributed by atoms with E-state index in [1.165, 1.54) is 19.3 Å². The second-order valence-electron chi connectivity index (χ2n) is 5.17. The molecule has 0 spiro atoms. The maximum Gasteiger partial charge on any atom is -0.00851 e. The minimum atomic E-state index is 0.627. The fourth-order valence-electron chi connectivity index (χ4n) is 1.60. The summed E-state index contributed by atoms with van der Waals surface area (Å²) in [5.74, 6) is 2.45. The standard InChI is InChI=1S/C12H28NP/c1-9(2)11(5)7-6-8-12(14-13)10(3)4/h9-12,14H,6-8,13H2,1-5H3. The van der Waals surface area contributed by atoms with Crippen LogP contribution in [0.3, 0.4) is 0 Å². The monoisotopic (exact) mass is 217 g/mol. The quantitative estimate of drug-likeness (QED) is 0.640. The molecule has 0 heterocycles. The Balaban J connectivity index is 3.61. The first-order valence-corrected chi connectivity index (χ1v) is 7.10. The van der Waals surface area contributed by atoms with E-state index < -0.39 is 0 Å². The van der Waals surface area contributed by atoms with Gasteiger partial charge >= 0.3 is 0 Å². The van der Waals surface area contributed by atoms with Crippen LogP contribution >= 0.6 is 8.73 Å². The summed E-state index contributed by atoms with van der Waals surface area (Å²) in [5.41, 5.74) is 6.54. The molecule has 0 bridgehead atoms. The van der Waals surface area contributed by atoms with Crippen LogP contribution in [-0.4, -0.2) is 5.66 Å². The van der Waals surface area contributed by atoms with Gasteiger partial charge in [0.05, 0.1) is 0 Å². The summed E-state index contributed by atoms with van der Waals surface area (Å²) < 4.78 is 0. The molecule has 0 radical (unpaired) electrons. The Kier molecular flexibility index (Phi) is 7.86. The highest BCUT2D eigenvalue weighted by Crippen LogP contribution is 2.26. The molecule has 0 aromatic carbocycles. The van der Waals surface area contributed by atoms with Gasteiger partial charge in [0.2, 0.25) is 0 Å². The van der Waals surface area contributed by atoms with Crippen LogP contribution in [0.15, 0.2) is 0 Å². The zero-order chi connectivity index (χ0) is 11.1. The molecule has 0 saturated carbocycles. The molecular formula is C12H28NP. The fourth-order valence-corrected chi connectivity index (χ4v) is 2.36. The summed E-state index contributed by atoms with van der Waals surface area (Å²) in [7, 11) is 0.627. The van der Waals surface area contributed by atoms with Gasteiger partial charge in [-0.15, -0.1) is 0 Å². The summed E-state index contributed by atoms with van der Waals surface area (Å²) >= 11 is 0. The molecule has 0 aliphatic rings. The van der Waals surface area contributed by atoms with Crippen molar-refractivity contribution in [1.82, 2.24) is 0 Å². The van der Waals surface area contributed by atoms with Gasteiger partial charge in [0, 0.05) is 0 Å². The summed E-state index contributed by atoms with van der Waals surface area (Å²) in [4.78, 5) is 0. The highest BCUT2D eigenvalue weighted by molar-refractivity contribution is 7.36. The van der Waals surface area contributed by atoms with Gasteiger partial charge in [-0.05, 0) is 29.8 Å². The Morgan fingerprint density at radius 3 is 1.86 bits per heavy atom. The molecule has 3 unspecified atom stereocenters. The summed E-state index contributed by atoms with van der Waals surface area (Å²) in [6.45, 7) is 11.6. The molecule has 14 heavy (non-hydrogen) atoms. The predicted molar refractivity (Wildman–Crippen MR) is 69.0 cm³/mol. The zero-order valence-electron chi connectivity index (χ0n) is 10.5. The second kappa shape index (κ2) is 7.65. The predicted octanol–water partition coefficient (Wildman–Crippen LogP) is 4.03. The minimum Gasteiger partial charge on any atom is -0.312 e. The lowest BCUT2D eigenvalue weighted by atomic mass is 9.91. The Labute approximate surface area is 92.1 Å². The van der Waals surface area contributed by atoms with Gasteiger partial charge in [0.1, 0.15) is 0 Å². The first kappa shape index (κ1) is 14.4. The molecule has 0 aliphatic heterocycles. The van der Waals surface area contributed by atoms with Crippen molar-refractivity contribution in [3.8, 4) is 0 Å². The zero-order valence-corrected chi connectivity index (χ0v) is 11.5. The Morgan fingerprint density at radius 1 is 0.929 bits per heavy atom. The van der Waals surface area contributed by atoms with Crippen molar-refractivity contribution >= 4 is 8.73 Å². The summed E-state index contributed by atoms with van der Waals surface area (Å²) in [6.07, 6.45) is 4.04. The van der Waals surface area contributed by atoms with E-state index in [0.29, 0.717) is 8.73 Å². The van der Waals surface area contributed by atoms with Crippen molar-refractivity contribution in [3.05, 3.63) is 0 Å². The molecule has 0 aromatic rings. The highest BCUT2D eigenvalue weighted by Gasteiger charge is 2.12. The summed E-state index contributed by atoms with van der Waals surface area (Å²) in [6, 6.07) is 0. The van der Waals surface area contributed by atoms with Crippen LogP contribution < -0.4 is 5.50 Å². The third-order valence-electron chi connectivity index (χ3n) is 3.33. The normalized spacial score (nSPS) is 17.1. The third-order valence-corrected chi connectivity index (χ3v) is 4.71. The minimum absolute atomic E-state index is 0.627. The van der Waals surface area contributed by atoms with E-state index in [1.54, 1.807) is 0 Å². The van der Waals surface area contributed by atoms with Crippen LogP contribution in [0.25, 0.3) is 0 Å². The number of nitrogens with two attached hydrogens (primary N) is 1. The van der Waals surface area contributed by atoms with Crippen molar-refractivity contribution in [2.75, 3.05) is 0 Å². The fraction of sp³-hybridized carbons (Fsp3) is 1.00. The van der Waals surface area contributed by atoms with Crippen LogP contribution in [0, 0.1) is 17.8 Å². The van der Waals surface area contributed by atoms with Gasteiger partial charge in [-0.3, -0.25) is 0 Å². The van der Waals surface area contributed by atoms with E-state index in [0.717, 1.165) is 23.4 Å². The maximum atomic E-state index is 5.78. The molecule has 0 aromatic heterocycles. The van der Waals surface area contributed by atoms with Crippen LogP contribution in [0.1, 0.15) is 53.9 Å². The van der Waals surface area contributed by atoms with Crippen molar-refractivity contribution in [2.24, 2.45) is 23.3 Å². The van der Waals surface area contributed by atoms with E-state index in [9.17, 15) is 0 Å². The van der Waals surface area contributed by atoms with Crippen LogP contribution in [0.4, 0.5) is 0 Å². The van der Waals surface area contributed by atoms with Gasteiger partial charge in [0.15, 0.2) is 0 Å². The third kappa shape index (κ3) is 5.98. The van der Waals surface area contributed by atoms with Gasteiger partial charge < -0.3 is 5.50 Å². The Morgan fingerprint density at radius 2 is 1.50 bits per heavy atom. The van der Waals surface area contributed by atoms with E-state index in [2.05, 4.69) is 34.6 Å². The van der Waals surface area contributed by atoms with Gasteiger partial charge in [0.25, 0.3) is 0 Å². The highest BCUT2D eigenvalue weighted by atomic mass is 31.1. The van der Waals surface area contributed by atoms with Gasteiger partial charge in [-0.25, -0.2) is 0 Å². The van der Waals surface area contributed by atoms with Crippen molar-refractivity contribution in [2.45, 2.75) is 59.5 Å². The smallest absolute Gasteiger partial charge is 0.00851 e. The average Bonchev–Trinajstić information content (AvgIpc) is 2.11. The van der Waals surface area contributed by atoms with Gasteiger partial charge in [-0.2, -0.15) is 0 Å². The van der Waals surface area contributed by atoms with E-state index in [1.807, 2.05) is 0 Å². The lowest BCUT2D eigenvalue weighted by Crippen LogP contribution is -2.13. The lowest BCUT2D eigenvalue weighted by molar-refractivity contribution is 0.371. The molecule has 0 fully saturated rings. The largest absolute Gasteiger partial charge is 0.312 e. The maximum absolute atomic E-state index is 5.78. The molecule has 0 saturated heterocycles. The molecule has 1 nitrogen and oxygen atoms in total. The first-order chi connectivity index (χ1) is 6.49. The van der Waals surface area contributed by atoms with Crippen LogP contribution in [0.5, 0.6) is 0 Å². The SMILES string of the molecule is CC(C)C(C)CCCC(PN)C(C)C. The van der Waals surface area contributed by atoms with E-state index in [-0.39, 0.29) is 0 Å². The topological polar surface area (TPSA) is 26.0 Å². The summed E-state index contributed by atoms with van der Waals surface area (Å²) in [5, 5.41) is 0. The van der Waals surface area contributed by atoms with Crippen LogP contribution in [-0.2, 0) is 0 Å². The molecule has 0 aliphatic carbocycles. The molecule has 0 amide bonds. The lowest BCUT2D eigenvalue weighted by Gasteiger charge is -2.20. The van der Waals surface area contributed by atoms with E-state index >= 15 is 0 Å². The first-order valence-electron chi connectivity index (χ1n) is 5.95. The molecule has 2 N–H and O–H groups in total. The second-order valence-corrected chi connectivity index (χ2v) is 6.24. The molecule has 2 heteroatoms. The van der Waals surface area contributed by atoms with Crippen LogP contribution in [0.2, 0.25) is 0 Å².